The standard InChI is InChI=1S/C14H18ClN3O/c1-16-13-7-10(6-12(15)18-13)14(19)17-11-5-8-2-3-9(11)4-8/h6-9,11H,2-5H2,1H3,(H,16,18)(H,17,19). The van der Waals surface area contributed by atoms with Gasteiger partial charge in [-0.3, -0.25) is 4.79 Å². The van der Waals surface area contributed by atoms with Crippen LogP contribution in [0.4, 0.5) is 5.82 Å². The number of carbonyl (C=O) groups is 1. The van der Waals surface area contributed by atoms with Gasteiger partial charge in [-0.2, -0.15) is 0 Å². The van der Waals surface area contributed by atoms with Crippen LogP contribution in [0.3, 0.4) is 0 Å². The number of halogens is 1. The highest BCUT2D eigenvalue weighted by Crippen LogP contribution is 2.44. The number of aromatic nitrogens is 1. The van der Waals surface area contributed by atoms with E-state index in [0.29, 0.717) is 28.5 Å². The molecule has 3 unspecified atom stereocenters. The van der Waals surface area contributed by atoms with Crippen molar-refractivity contribution in [3.8, 4) is 0 Å². The molecule has 3 atom stereocenters. The maximum Gasteiger partial charge on any atom is 0.251 e. The maximum atomic E-state index is 12.3. The van der Waals surface area contributed by atoms with Crippen LogP contribution < -0.4 is 10.6 Å². The normalized spacial score (nSPS) is 28.4. The molecule has 3 rings (SSSR count). The maximum absolute atomic E-state index is 12.3. The summed E-state index contributed by atoms with van der Waals surface area (Å²) in [5.74, 6) is 2.07. The molecule has 2 fully saturated rings. The van der Waals surface area contributed by atoms with Crippen molar-refractivity contribution in [1.29, 1.82) is 0 Å². The Morgan fingerprint density at radius 3 is 2.84 bits per heavy atom. The number of anilines is 1. The average molecular weight is 280 g/mol. The quantitative estimate of drug-likeness (QED) is 0.837. The van der Waals surface area contributed by atoms with Gasteiger partial charge < -0.3 is 10.6 Å². The molecule has 2 aliphatic carbocycles. The number of pyridine rings is 1. The Morgan fingerprint density at radius 1 is 1.37 bits per heavy atom. The molecule has 2 saturated carbocycles. The topological polar surface area (TPSA) is 54.0 Å². The van der Waals surface area contributed by atoms with Crippen LogP contribution in [0.2, 0.25) is 5.15 Å². The first-order valence-electron chi connectivity index (χ1n) is 6.82. The highest BCUT2D eigenvalue weighted by Gasteiger charge is 2.40. The molecule has 1 amide bonds. The summed E-state index contributed by atoms with van der Waals surface area (Å²) in [6, 6.07) is 3.69. The van der Waals surface area contributed by atoms with Gasteiger partial charge in [0.25, 0.3) is 5.91 Å². The number of rotatable bonds is 3. The molecule has 5 heteroatoms. The highest BCUT2D eigenvalue weighted by molar-refractivity contribution is 6.29. The molecule has 2 bridgehead atoms. The summed E-state index contributed by atoms with van der Waals surface area (Å²) < 4.78 is 0. The predicted octanol–water partition coefficient (Wildman–Crippen LogP) is 2.70. The second-order valence-electron chi connectivity index (χ2n) is 5.57. The van der Waals surface area contributed by atoms with E-state index in [1.54, 1.807) is 19.2 Å². The Morgan fingerprint density at radius 2 is 2.21 bits per heavy atom. The van der Waals surface area contributed by atoms with Crippen LogP contribution in [-0.4, -0.2) is 24.0 Å². The molecule has 4 nitrogen and oxygen atoms in total. The molecule has 1 aromatic heterocycles. The zero-order valence-corrected chi connectivity index (χ0v) is 11.7. The lowest BCUT2D eigenvalue weighted by molar-refractivity contribution is 0.0923. The fourth-order valence-corrected chi connectivity index (χ4v) is 3.64. The number of hydrogen-bond acceptors (Lipinski definition) is 3. The largest absolute Gasteiger partial charge is 0.373 e. The minimum atomic E-state index is -0.0432. The molecule has 2 N–H and O–H groups in total. The summed E-state index contributed by atoms with van der Waals surface area (Å²) >= 11 is 5.92. The van der Waals surface area contributed by atoms with Crippen LogP contribution >= 0.6 is 11.6 Å². The summed E-state index contributed by atoms with van der Waals surface area (Å²) in [5.41, 5.74) is 0.576. The van der Waals surface area contributed by atoms with Gasteiger partial charge >= 0.3 is 0 Å². The number of amides is 1. The van der Waals surface area contributed by atoms with E-state index >= 15 is 0 Å². The number of hydrogen-bond donors (Lipinski definition) is 2. The molecule has 1 aromatic rings. The molecule has 2 aliphatic rings. The third-order valence-corrected chi connectivity index (χ3v) is 4.56. The first kappa shape index (κ1) is 12.7. The lowest BCUT2D eigenvalue weighted by atomic mass is 9.95. The van der Waals surface area contributed by atoms with E-state index < -0.39 is 0 Å². The first-order chi connectivity index (χ1) is 9.15. The number of nitrogens with one attached hydrogen (secondary N) is 2. The lowest BCUT2D eigenvalue weighted by Gasteiger charge is -2.23. The molecule has 0 radical (unpaired) electrons. The average Bonchev–Trinajstić information content (AvgIpc) is 3.00. The molecule has 0 aliphatic heterocycles. The second kappa shape index (κ2) is 5.00. The van der Waals surface area contributed by atoms with Crippen molar-refractivity contribution >= 4 is 23.3 Å². The van der Waals surface area contributed by atoms with Crippen molar-refractivity contribution in [2.75, 3.05) is 12.4 Å². The van der Waals surface area contributed by atoms with Crippen molar-refractivity contribution in [1.82, 2.24) is 10.3 Å². The number of fused-ring (bicyclic) bond motifs is 2. The van der Waals surface area contributed by atoms with Crippen LogP contribution in [0.15, 0.2) is 12.1 Å². The van der Waals surface area contributed by atoms with E-state index in [2.05, 4.69) is 15.6 Å². The van der Waals surface area contributed by atoms with Crippen molar-refractivity contribution in [3.63, 3.8) is 0 Å². The van der Waals surface area contributed by atoms with Gasteiger partial charge in [-0.05, 0) is 43.2 Å². The third-order valence-electron chi connectivity index (χ3n) is 4.37. The van der Waals surface area contributed by atoms with E-state index in [1.807, 2.05) is 0 Å². The second-order valence-corrected chi connectivity index (χ2v) is 5.96. The Hall–Kier alpha value is -1.29. The van der Waals surface area contributed by atoms with E-state index in [1.165, 1.54) is 19.3 Å². The monoisotopic (exact) mass is 279 g/mol. The molecular formula is C14H18ClN3O. The Bertz CT molecular complexity index is 505. The van der Waals surface area contributed by atoms with Gasteiger partial charge in [0.05, 0.1) is 0 Å². The number of nitrogens with zero attached hydrogens (tertiary/aromatic N) is 1. The molecule has 0 saturated heterocycles. The third kappa shape index (κ3) is 2.54. The fraction of sp³-hybridized carbons (Fsp3) is 0.571. The summed E-state index contributed by atoms with van der Waals surface area (Å²) in [4.78, 5) is 16.4. The van der Waals surface area contributed by atoms with E-state index in [9.17, 15) is 4.79 Å². The summed E-state index contributed by atoms with van der Waals surface area (Å²) in [7, 11) is 1.76. The zero-order valence-electron chi connectivity index (χ0n) is 10.9. The number of carbonyl (C=O) groups excluding carboxylic acids is 1. The Labute approximate surface area is 117 Å². The Kier molecular flexibility index (Phi) is 3.35. The van der Waals surface area contributed by atoms with Gasteiger partial charge in [0.1, 0.15) is 11.0 Å². The van der Waals surface area contributed by atoms with Crippen LogP contribution in [-0.2, 0) is 0 Å². The SMILES string of the molecule is CNc1cc(C(=O)NC2CC3CCC2C3)cc(Cl)n1. The van der Waals surface area contributed by atoms with Crippen LogP contribution in [0.5, 0.6) is 0 Å². The Balaban J connectivity index is 1.72. The summed E-state index contributed by atoms with van der Waals surface area (Å²) in [5, 5.41) is 6.40. The lowest BCUT2D eigenvalue weighted by Crippen LogP contribution is -2.38. The molecule has 1 heterocycles. The predicted molar refractivity (Wildman–Crippen MR) is 75.5 cm³/mol. The summed E-state index contributed by atoms with van der Waals surface area (Å²) in [6.45, 7) is 0. The molecule has 0 spiro atoms. The van der Waals surface area contributed by atoms with Crippen molar-refractivity contribution < 1.29 is 4.79 Å². The fourth-order valence-electron chi connectivity index (χ4n) is 3.43. The van der Waals surface area contributed by atoms with E-state index in [4.69, 9.17) is 11.6 Å². The molecule has 19 heavy (non-hydrogen) atoms. The van der Waals surface area contributed by atoms with Gasteiger partial charge in [0, 0.05) is 18.7 Å². The zero-order chi connectivity index (χ0) is 13.4. The summed E-state index contributed by atoms with van der Waals surface area (Å²) in [6.07, 6.45) is 5.01. The van der Waals surface area contributed by atoms with Crippen molar-refractivity contribution in [2.45, 2.75) is 31.7 Å². The van der Waals surface area contributed by atoms with Gasteiger partial charge in [0.15, 0.2) is 0 Å². The molecule has 0 aromatic carbocycles. The van der Waals surface area contributed by atoms with Crippen molar-refractivity contribution in [2.24, 2.45) is 11.8 Å². The van der Waals surface area contributed by atoms with E-state index in [-0.39, 0.29) is 5.91 Å². The van der Waals surface area contributed by atoms with Gasteiger partial charge in [0.2, 0.25) is 0 Å². The van der Waals surface area contributed by atoms with Gasteiger partial charge in [-0.25, -0.2) is 4.98 Å². The minimum Gasteiger partial charge on any atom is -0.373 e. The molecule has 102 valence electrons. The van der Waals surface area contributed by atoms with Gasteiger partial charge in [-0.15, -0.1) is 0 Å². The van der Waals surface area contributed by atoms with Crippen LogP contribution in [0, 0.1) is 11.8 Å². The van der Waals surface area contributed by atoms with Crippen molar-refractivity contribution in [3.05, 3.63) is 22.8 Å². The minimum absolute atomic E-state index is 0.0432. The smallest absolute Gasteiger partial charge is 0.251 e. The van der Waals surface area contributed by atoms with Crippen LogP contribution in [0.1, 0.15) is 36.0 Å². The molecular weight excluding hydrogens is 262 g/mol. The van der Waals surface area contributed by atoms with Gasteiger partial charge in [-0.1, -0.05) is 18.0 Å². The first-order valence-corrected chi connectivity index (χ1v) is 7.19. The highest BCUT2D eigenvalue weighted by atomic mass is 35.5. The van der Waals surface area contributed by atoms with Crippen LogP contribution in [0.25, 0.3) is 0 Å². The van der Waals surface area contributed by atoms with E-state index in [0.717, 1.165) is 12.3 Å².